The third-order valence-corrected chi connectivity index (χ3v) is 4.44. The van der Waals surface area contributed by atoms with Crippen LogP contribution in [0.2, 0.25) is 0 Å². The first kappa shape index (κ1) is 15.1. The molecule has 3 nitrogen and oxygen atoms in total. The fourth-order valence-electron chi connectivity index (χ4n) is 2.57. The zero-order valence-corrected chi connectivity index (χ0v) is 13.3. The molecule has 0 radical (unpaired) electrons. The summed E-state index contributed by atoms with van der Waals surface area (Å²) >= 11 is 0. The Kier molecular flexibility index (Phi) is 4.03. The molecule has 0 saturated carbocycles. The van der Waals surface area contributed by atoms with Crippen LogP contribution in [0.4, 0.5) is 11.4 Å². The number of hydrogen-bond acceptors (Lipinski definition) is 2. The van der Waals surface area contributed by atoms with Crippen LogP contribution in [0.15, 0.2) is 24.3 Å². The van der Waals surface area contributed by atoms with E-state index in [0.29, 0.717) is 11.3 Å². The molecule has 110 valence electrons. The van der Waals surface area contributed by atoms with Crippen molar-refractivity contribution in [3.63, 3.8) is 0 Å². The highest BCUT2D eigenvalue weighted by atomic mass is 16.1. The van der Waals surface area contributed by atoms with E-state index in [1.54, 1.807) is 12.1 Å². The second-order valence-electron chi connectivity index (χ2n) is 5.54. The van der Waals surface area contributed by atoms with Crippen molar-refractivity contribution >= 4 is 17.3 Å². The van der Waals surface area contributed by atoms with Gasteiger partial charge in [0, 0.05) is 11.4 Å². The summed E-state index contributed by atoms with van der Waals surface area (Å²) in [7, 11) is 0. The molecular weight excluding hydrogens is 260 g/mol. The second-order valence-corrected chi connectivity index (χ2v) is 5.54. The van der Waals surface area contributed by atoms with Crippen LogP contribution in [0.3, 0.4) is 0 Å². The Bertz CT molecular complexity index is 688. The number of para-hydroxylation sites is 1. The van der Waals surface area contributed by atoms with Crippen molar-refractivity contribution in [2.45, 2.75) is 34.6 Å². The van der Waals surface area contributed by atoms with Crippen molar-refractivity contribution in [3.8, 4) is 0 Å². The maximum Gasteiger partial charge on any atom is 0.257 e. The number of rotatable bonds is 2. The van der Waals surface area contributed by atoms with E-state index in [1.165, 1.54) is 16.7 Å². The predicted molar refractivity (Wildman–Crippen MR) is 88.9 cm³/mol. The van der Waals surface area contributed by atoms with Crippen molar-refractivity contribution in [1.29, 1.82) is 0 Å². The maximum atomic E-state index is 12.5. The molecule has 0 atom stereocenters. The van der Waals surface area contributed by atoms with Crippen LogP contribution in [0, 0.1) is 34.6 Å². The van der Waals surface area contributed by atoms with E-state index < -0.39 is 0 Å². The summed E-state index contributed by atoms with van der Waals surface area (Å²) in [4.78, 5) is 12.5. The number of carbonyl (C=O) groups excluding carboxylic acids is 1. The summed E-state index contributed by atoms with van der Waals surface area (Å²) < 4.78 is 0. The lowest BCUT2D eigenvalue weighted by atomic mass is 9.93. The van der Waals surface area contributed by atoms with Gasteiger partial charge in [-0.15, -0.1) is 0 Å². The summed E-state index contributed by atoms with van der Waals surface area (Å²) in [6.07, 6.45) is 0. The normalized spacial score (nSPS) is 10.5. The average Bonchev–Trinajstić information content (AvgIpc) is 2.48. The molecule has 0 saturated heterocycles. The molecule has 3 N–H and O–H groups in total. The number of carbonyl (C=O) groups is 1. The van der Waals surface area contributed by atoms with Gasteiger partial charge in [0.15, 0.2) is 0 Å². The van der Waals surface area contributed by atoms with Gasteiger partial charge in [-0.1, -0.05) is 12.1 Å². The van der Waals surface area contributed by atoms with E-state index >= 15 is 0 Å². The van der Waals surface area contributed by atoms with Crippen LogP contribution in [0.25, 0.3) is 0 Å². The Morgan fingerprint density at radius 1 is 0.857 bits per heavy atom. The zero-order chi connectivity index (χ0) is 15.7. The molecule has 0 aromatic heterocycles. The average molecular weight is 282 g/mol. The summed E-state index contributed by atoms with van der Waals surface area (Å²) in [6.45, 7) is 10.4. The van der Waals surface area contributed by atoms with Crippen molar-refractivity contribution in [2.24, 2.45) is 0 Å². The van der Waals surface area contributed by atoms with Gasteiger partial charge in [-0.05, 0) is 74.6 Å². The third kappa shape index (κ3) is 2.64. The highest BCUT2D eigenvalue weighted by molar-refractivity contribution is 6.08. The van der Waals surface area contributed by atoms with Crippen LogP contribution in [0.1, 0.15) is 38.2 Å². The fourth-order valence-corrected chi connectivity index (χ4v) is 2.57. The molecule has 0 aliphatic heterocycles. The SMILES string of the molecule is Cc1c(C)c(C)c(NC(=O)c2ccccc2N)c(C)c1C. The van der Waals surface area contributed by atoms with Crippen LogP contribution in [0.5, 0.6) is 0 Å². The van der Waals surface area contributed by atoms with Gasteiger partial charge in [-0.3, -0.25) is 4.79 Å². The molecule has 0 bridgehead atoms. The lowest BCUT2D eigenvalue weighted by Gasteiger charge is -2.19. The largest absolute Gasteiger partial charge is 0.398 e. The molecule has 0 heterocycles. The summed E-state index contributed by atoms with van der Waals surface area (Å²) in [5.41, 5.74) is 13.7. The van der Waals surface area contributed by atoms with E-state index in [9.17, 15) is 4.79 Å². The highest BCUT2D eigenvalue weighted by Crippen LogP contribution is 2.30. The standard InChI is InChI=1S/C18H22N2O/c1-10-11(2)13(4)17(14(5)12(10)3)20-18(21)15-8-6-7-9-16(15)19/h6-9H,19H2,1-5H3,(H,20,21). The Balaban J connectivity index is 2.46. The Hall–Kier alpha value is -2.29. The van der Waals surface area contributed by atoms with E-state index in [0.717, 1.165) is 16.8 Å². The number of nitrogen functional groups attached to an aromatic ring is 1. The number of anilines is 2. The molecule has 2 aromatic carbocycles. The first-order valence-electron chi connectivity index (χ1n) is 7.07. The zero-order valence-electron chi connectivity index (χ0n) is 13.3. The van der Waals surface area contributed by atoms with Gasteiger partial charge in [0.2, 0.25) is 0 Å². The highest BCUT2D eigenvalue weighted by Gasteiger charge is 2.16. The van der Waals surface area contributed by atoms with E-state index in [2.05, 4.69) is 26.1 Å². The summed E-state index contributed by atoms with van der Waals surface area (Å²) in [5.74, 6) is -0.165. The molecule has 1 amide bonds. The van der Waals surface area contributed by atoms with Crippen molar-refractivity contribution in [1.82, 2.24) is 0 Å². The van der Waals surface area contributed by atoms with E-state index in [1.807, 2.05) is 26.0 Å². The Morgan fingerprint density at radius 3 is 1.86 bits per heavy atom. The van der Waals surface area contributed by atoms with Crippen molar-refractivity contribution in [3.05, 3.63) is 57.6 Å². The molecule has 0 aliphatic rings. The molecular formula is C18H22N2O. The van der Waals surface area contributed by atoms with Crippen LogP contribution in [-0.2, 0) is 0 Å². The number of hydrogen-bond donors (Lipinski definition) is 2. The lowest BCUT2D eigenvalue weighted by Crippen LogP contribution is -2.16. The van der Waals surface area contributed by atoms with Gasteiger partial charge in [-0.25, -0.2) is 0 Å². The molecule has 0 aliphatic carbocycles. The molecule has 0 unspecified atom stereocenters. The first-order chi connectivity index (χ1) is 9.84. The van der Waals surface area contributed by atoms with Gasteiger partial charge < -0.3 is 11.1 Å². The minimum absolute atomic E-state index is 0.165. The molecule has 2 rings (SSSR count). The lowest BCUT2D eigenvalue weighted by molar-refractivity contribution is 0.102. The third-order valence-electron chi connectivity index (χ3n) is 4.44. The quantitative estimate of drug-likeness (QED) is 0.816. The number of benzene rings is 2. The number of amides is 1. The molecule has 3 heteroatoms. The second kappa shape index (κ2) is 5.60. The monoisotopic (exact) mass is 282 g/mol. The van der Waals surface area contributed by atoms with Crippen LogP contribution in [-0.4, -0.2) is 5.91 Å². The number of nitrogens with one attached hydrogen (secondary N) is 1. The molecule has 0 spiro atoms. The summed E-state index contributed by atoms with van der Waals surface area (Å²) in [5, 5.41) is 3.03. The van der Waals surface area contributed by atoms with Crippen molar-refractivity contribution in [2.75, 3.05) is 11.1 Å². The minimum atomic E-state index is -0.165. The smallest absolute Gasteiger partial charge is 0.257 e. The first-order valence-corrected chi connectivity index (χ1v) is 7.07. The molecule has 21 heavy (non-hydrogen) atoms. The van der Waals surface area contributed by atoms with Gasteiger partial charge in [0.05, 0.1) is 5.56 Å². The van der Waals surface area contributed by atoms with Gasteiger partial charge in [0.1, 0.15) is 0 Å². The van der Waals surface area contributed by atoms with Gasteiger partial charge in [0.25, 0.3) is 5.91 Å². The number of nitrogens with two attached hydrogens (primary N) is 1. The van der Waals surface area contributed by atoms with Crippen LogP contribution >= 0.6 is 0 Å². The Morgan fingerprint density at radius 2 is 1.33 bits per heavy atom. The van der Waals surface area contributed by atoms with E-state index in [-0.39, 0.29) is 5.91 Å². The maximum absolute atomic E-state index is 12.5. The Labute approximate surface area is 126 Å². The predicted octanol–water partition coefficient (Wildman–Crippen LogP) is 4.06. The minimum Gasteiger partial charge on any atom is -0.398 e. The van der Waals surface area contributed by atoms with Crippen LogP contribution < -0.4 is 11.1 Å². The summed E-state index contributed by atoms with van der Waals surface area (Å²) in [6, 6.07) is 7.11. The molecule has 0 fully saturated rings. The van der Waals surface area contributed by atoms with Crippen molar-refractivity contribution < 1.29 is 4.79 Å². The fraction of sp³-hybridized carbons (Fsp3) is 0.278. The van der Waals surface area contributed by atoms with Gasteiger partial charge >= 0.3 is 0 Å². The topological polar surface area (TPSA) is 55.1 Å². The van der Waals surface area contributed by atoms with E-state index in [4.69, 9.17) is 5.73 Å². The molecule has 2 aromatic rings. The van der Waals surface area contributed by atoms with Gasteiger partial charge in [-0.2, -0.15) is 0 Å².